The van der Waals surface area contributed by atoms with E-state index in [2.05, 4.69) is 37.5 Å². The average Bonchev–Trinajstić information content (AvgIpc) is 2.96. The Kier molecular flexibility index (Phi) is 5.60. The van der Waals surface area contributed by atoms with E-state index in [-0.39, 0.29) is 5.41 Å². The Labute approximate surface area is 182 Å². The maximum atomic E-state index is 11.7. The third-order valence-electron chi connectivity index (χ3n) is 8.40. The quantitative estimate of drug-likeness (QED) is 0.358. The molecule has 3 aliphatic carbocycles. The summed E-state index contributed by atoms with van der Waals surface area (Å²) in [6.45, 7) is 6.92. The van der Waals surface area contributed by atoms with E-state index in [1.165, 1.54) is 17.5 Å². The van der Waals surface area contributed by atoms with Gasteiger partial charge in [-0.1, -0.05) is 32.0 Å². The van der Waals surface area contributed by atoms with Gasteiger partial charge in [-0.15, -0.1) is 17.1 Å². The molecule has 2 fully saturated rings. The van der Waals surface area contributed by atoms with Crippen molar-refractivity contribution in [3.63, 3.8) is 0 Å². The number of hydrogen-bond donors (Lipinski definition) is 2. The van der Waals surface area contributed by atoms with Gasteiger partial charge in [-0.05, 0) is 92.0 Å². The number of phenolic OH excluding ortho intramolecular Hbond substituents is 1. The molecule has 29 heavy (non-hydrogen) atoms. The molecule has 5 atom stereocenters. The minimum Gasteiger partial charge on any atom is -0.508 e. The fraction of sp³-hybridized carbons (Fsp3) is 0.680. The Morgan fingerprint density at radius 3 is 2.76 bits per heavy atom. The summed E-state index contributed by atoms with van der Waals surface area (Å²) in [5.41, 5.74) is 5.40. The van der Waals surface area contributed by atoms with Crippen molar-refractivity contribution in [2.45, 2.75) is 82.5 Å². The van der Waals surface area contributed by atoms with Crippen molar-refractivity contribution in [2.75, 3.05) is 5.88 Å². The van der Waals surface area contributed by atoms with Crippen LogP contribution in [0, 0.1) is 28.7 Å². The molecular formula is C25H35ClO2Si. The minimum absolute atomic E-state index is 0.105. The summed E-state index contributed by atoms with van der Waals surface area (Å²) in [5, 5.41) is 21.6. The molecule has 2 nitrogen and oxygen atoms in total. The summed E-state index contributed by atoms with van der Waals surface area (Å²) in [4.78, 5) is 0. The highest BCUT2D eigenvalue weighted by molar-refractivity contribution is 6.85. The first kappa shape index (κ1) is 21.3. The number of fused-ring (bicyclic) bond motifs is 5. The molecule has 4 heteroatoms. The summed E-state index contributed by atoms with van der Waals surface area (Å²) < 4.78 is 0. The topological polar surface area (TPSA) is 40.5 Å². The highest BCUT2D eigenvalue weighted by Crippen LogP contribution is 2.64. The van der Waals surface area contributed by atoms with Gasteiger partial charge < -0.3 is 10.2 Å². The van der Waals surface area contributed by atoms with Crippen LogP contribution in [0.4, 0.5) is 0 Å². The van der Waals surface area contributed by atoms with Gasteiger partial charge >= 0.3 is 0 Å². The SMILES string of the molecule is C[C@]12CC[C@@H]3c4ccc(O)cc4CC[C@H]3[C@@H]1CC[C@@]2(O)C#C[Si](C)(C)CCCCl. The van der Waals surface area contributed by atoms with E-state index in [0.29, 0.717) is 29.4 Å². The Morgan fingerprint density at radius 1 is 1.21 bits per heavy atom. The summed E-state index contributed by atoms with van der Waals surface area (Å²) in [6.07, 6.45) is 7.28. The van der Waals surface area contributed by atoms with Crippen LogP contribution in [-0.4, -0.2) is 29.8 Å². The van der Waals surface area contributed by atoms with Crippen LogP contribution in [0.1, 0.15) is 62.5 Å². The molecule has 0 saturated heterocycles. The second kappa shape index (κ2) is 7.63. The fourth-order valence-corrected chi connectivity index (χ4v) is 8.72. The molecule has 4 rings (SSSR count). The predicted octanol–water partition coefficient (Wildman–Crippen LogP) is 5.86. The zero-order valence-electron chi connectivity index (χ0n) is 18.1. The lowest BCUT2D eigenvalue weighted by atomic mass is 9.53. The number of aryl methyl sites for hydroxylation is 1. The molecule has 0 heterocycles. The normalized spacial score (nSPS) is 35.8. The lowest BCUT2D eigenvalue weighted by Gasteiger charge is -2.52. The number of hydrogen-bond acceptors (Lipinski definition) is 2. The highest BCUT2D eigenvalue weighted by Gasteiger charge is 2.61. The molecule has 0 amide bonds. The standard InChI is InChI=1S/C25H35ClO2Si/c1-24-11-9-21-20-8-6-19(27)17-18(20)5-7-22(21)23(24)10-12-25(24,28)13-16-29(2,3)15-4-14-26/h6,8,17,21-23,27-28H,4-5,7,9-12,14-15H2,1-3H3/t21-,22-,23+,24+,25-/m1/s1. The molecule has 0 aliphatic heterocycles. The number of rotatable bonds is 3. The first-order valence-electron chi connectivity index (χ1n) is 11.3. The van der Waals surface area contributed by atoms with Gasteiger partial charge in [0.15, 0.2) is 0 Å². The van der Waals surface area contributed by atoms with Crippen molar-refractivity contribution in [1.82, 2.24) is 0 Å². The minimum atomic E-state index is -1.64. The number of aliphatic hydroxyl groups is 1. The number of phenols is 1. The van der Waals surface area contributed by atoms with Gasteiger partial charge in [0.1, 0.15) is 19.4 Å². The molecule has 1 aromatic carbocycles. The summed E-state index contributed by atoms with van der Waals surface area (Å²) in [6, 6.07) is 7.06. The van der Waals surface area contributed by atoms with Gasteiger partial charge in [0.05, 0.1) is 0 Å². The molecule has 1 aromatic rings. The number of benzene rings is 1. The fourth-order valence-electron chi connectivity index (χ4n) is 6.63. The highest BCUT2D eigenvalue weighted by atomic mass is 35.5. The number of halogens is 1. The second-order valence-corrected chi connectivity index (χ2v) is 15.5. The van der Waals surface area contributed by atoms with Crippen LogP contribution in [0.5, 0.6) is 5.75 Å². The van der Waals surface area contributed by atoms with Crippen LogP contribution in [0.2, 0.25) is 19.1 Å². The summed E-state index contributed by atoms with van der Waals surface area (Å²) >= 11 is 5.90. The van der Waals surface area contributed by atoms with E-state index in [1.807, 2.05) is 12.1 Å². The monoisotopic (exact) mass is 430 g/mol. The van der Waals surface area contributed by atoms with Gasteiger partial charge in [-0.25, -0.2) is 0 Å². The Morgan fingerprint density at radius 2 is 2.00 bits per heavy atom. The van der Waals surface area contributed by atoms with E-state index >= 15 is 0 Å². The van der Waals surface area contributed by atoms with Gasteiger partial charge in [-0.3, -0.25) is 0 Å². The summed E-state index contributed by atoms with van der Waals surface area (Å²) in [5.74, 6) is 6.28. The van der Waals surface area contributed by atoms with Gasteiger partial charge in [0, 0.05) is 11.3 Å². The van der Waals surface area contributed by atoms with Crippen molar-refractivity contribution in [3.05, 3.63) is 29.3 Å². The van der Waals surface area contributed by atoms with E-state index in [9.17, 15) is 10.2 Å². The summed E-state index contributed by atoms with van der Waals surface area (Å²) in [7, 11) is -1.64. The molecule has 0 radical (unpaired) electrons. The third-order valence-corrected chi connectivity index (χ3v) is 11.1. The first-order valence-corrected chi connectivity index (χ1v) is 15.1. The second-order valence-electron chi connectivity index (χ2n) is 10.6. The van der Waals surface area contributed by atoms with Gasteiger partial charge in [0.2, 0.25) is 0 Å². The zero-order valence-corrected chi connectivity index (χ0v) is 19.9. The van der Waals surface area contributed by atoms with E-state index in [1.54, 1.807) is 0 Å². The first-order chi connectivity index (χ1) is 13.7. The van der Waals surface area contributed by atoms with Crippen LogP contribution in [0.25, 0.3) is 0 Å². The smallest absolute Gasteiger partial charge is 0.132 e. The van der Waals surface area contributed by atoms with Crippen LogP contribution in [0.3, 0.4) is 0 Å². The average molecular weight is 431 g/mol. The molecule has 3 aliphatic rings. The van der Waals surface area contributed by atoms with Crippen LogP contribution in [-0.2, 0) is 6.42 Å². The lowest BCUT2D eigenvalue weighted by Crippen LogP contribution is -2.50. The van der Waals surface area contributed by atoms with Crippen LogP contribution >= 0.6 is 11.6 Å². The Balaban J connectivity index is 1.59. The Bertz CT molecular complexity index is 841. The maximum absolute atomic E-state index is 11.7. The molecular weight excluding hydrogens is 396 g/mol. The lowest BCUT2D eigenvalue weighted by molar-refractivity contribution is -0.0647. The third kappa shape index (κ3) is 3.66. The molecule has 2 N–H and O–H groups in total. The zero-order chi connectivity index (χ0) is 20.9. The number of aromatic hydroxyl groups is 1. The van der Waals surface area contributed by atoms with Crippen LogP contribution < -0.4 is 0 Å². The van der Waals surface area contributed by atoms with E-state index < -0.39 is 13.7 Å². The van der Waals surface area contributed by atoms with Crippen molar-refractivity contribution < 1.29 is 10.2 Å². The predicted molar refractivity (Wildman–Crippen MR) is 123 cm³/mol. The molecule has 2 saturated carbocycles. The molecule has 0 bridgehead atoms. The van der Waals surface area contributed by atoms with Crippen molar-refractivity contribution in [3.8, 4) is 17.2 Å². The molecule has 0 unspecified atom stereocenters. The largest absolute Gasteiger partial charge is 0.508 e. The van der Waals surface area contributed by atoms with Gasteiger partial charge in [-0.2, -0.15) is 0 Å². The van der Waals surface area contributed by atoms with Crippen LogP contribution in [0.15, 0.2) is 18.2 Å². The van der Waals surface area contributed by atoms with E-state index in [0.717, 1.165) is 44.6 Å². The van der Waals surface area contributed by atoms with Crippen molar-refractivity contribution in [2.24, 2.45) is 17.3 Å². The maximum Gasteiger partial charge on any atom is 0.132 e. The molecule has 0 spiro atoms. The van der Waals surface area contributed by atoms with Gasteiger partial charge in [0.25, 0.3) is 0 Å². The van der Waals surface area contributed by atoms with E-state index in [4.69, 9.17) is 11.6 Å². The molecule has 158 valence electrons. The van der Waals surface area contributed by atoms with Crippen molar-refractivity contribution in [1.29, 1.82) is 0 Å². The number of alkyl halides is 1. The Hall–Kier alpha value is -0.953. The molecule has 0 aromatic heterocycles. The van der Waals surface area contributed by atoms with Crippen molar-refractivity contribution >= 4 is 19.7 Å².